The summed E-state index contributed by atoms with van der Waals surface area (Å²) in [5, 5.41) is 0. The summed E-state index contributed by atoms with van der Waals surface area (Å²) in [5.74, 6) is 0.748. The van der Waals surface area contributed by atoms with E-state index in [2.05, 4.69) is 0 Å². The van der Waals surface area contributed by atoms with Crippen LogP contribution in [-0.4, -0.2) is 13.2 Å². The van der Waals surface area contributed by atoms with Gasteiger partial charge in [-0.05, 0) is 31.2 Å². The minimum absolute atomic E-state index is 0.165. The third-order valence-electron chi connectivity index (χ3n) is 2.57. The summed E-state index contributed by atoms with van der Waals surface area (Å²) in [6, 6.07) is 0. The Labute approximate surface area is 61.8 Å². The first kappa shape index (κ1) is 7.99. The van der Waals surface area contributed by atoms with Crippen molar-refractivity contribution in [3.05, 3.63) is 0 Å². The minimum Gasteiger partial charge on any atom is -0.330 e. The number of hydrogen-bond donors (Lipinski definition) is 1. The van der Waals surface area contributed by atoms with Crippen LogP contribution in [0.3, 0.4) is 0 Å². The molecule has 0 amide bonds. The van der Waals surface area contributed by atoms with Gasteiger partial charge in [0.15, 0.2) is 0 Å². The Balaban J connectivity index is 2.34. The van der Waals surface area contributed by atoms with E-state index in [1.165, 1.54) is 12.8 Å². The minimum atomic E-state index is -0.165. The molecular weight excluding hydrogens is 129 g/mol. The van der Waals surface area contributed by atoms with Gasteiger partial charge in [0.2, 0.25) is 0 Å². The molecular formula is C8H16FN. The smallest absolute Gasteiger partial charge is 0.0925 e. The molecule has 2 atom stereocenters. The maximum absolute atomic E-state index is 12.3. The van der Waals surface area contributed by atoms with Gasteiger partial charge < -0.3 is 5.73 Å². The molecule has 2 N–H and O–H groups in total. The molecule has 1 aliphatic rings. The molecule has 0 radical (unpaired) electrons. The lowest BCUT2D eigenvalue weighted by atomic mass is 9.80. The average Bonchev–Trinajstić information content (AvgIpc) is 2.04. The molecule has 0 heterocycles. The standard InChI is InChI=1S/C8H16FN/c9-5-7-3-1-2-4-8(7)6-10/h7-8H,1-6,10H2/t7-,8+/m0/s1. The van der Waals surface area contributed by atoms with E-state index in [0.717, 1.165) is 12.8 Å². The lowest BCUT2D eigenvalue weighted by molar-refractivity contribution is 0.197. The number of hydrogen-bond acceptors (Lipinski definition) is 1. The Morgan fingerprint density at radius 2 is 1.80 bits per heavy atom. The maximum atomic E-state index is 12.3. The van der Waals surface area contributed by atoms with E-state index in [9.17, 15) is 4.39 Å². The molecule has 0 aromatic heterocycles. The average molecular weight is 145 g/mol. The van der Waals surface area contributed by atoms with Crippen LogP contribution < -0.4 is 5.73 Å². The molecule has 1 aliphatic carbocycles. The molecule has 0 aromatic carbocycles. The van der Waals surface area contributed by atoms with Crippen LogP contribution in [0.15, 0.2) is 0 Å². The predicted molar refractivity (Wildman–Crippen MR) is 40.5 cm³/mol. The number of alkyl halides is 1. The normalized spacial score (nSPS) is 34.2. The van der Waals surface area contributed by atoms with E-state index in [1.54, 1.807) is 0 Å². The fourth-order valence-corrected chi connectivity index (χ4v) is 1.80. The first-order valence-corrected chi connectivity index (χ1v) is 4.14. The summed E-state index contributed by atoms with van der Waals surface area (Å²) in [4.78, 5) is 0. The zero-order valence-electron chi connectivity index (χ0n) is 6.35. The lowest BCUT2D eigenvalue weighted by Gasteiger charge is -2.28. The van der Waals surface area contributed by atoms with E-state index in [4.69, 9.17) is 5.73 Å². The summed E-state index contributed by atoms with van der Waals surface area (Å²) < 4.78 is 12.3. The van der Waals surface area contributed by atoms with Crippen molar-refractivity contribution in [2.24, 2.45) is 17.6 Å². The SMILES string of the molecule is NC[C@H]1CCCC[C@H]1CF. The maximum Gasteiger partial charge on any atom is 0.0925 e. The molecule has 0 unspecified atom stereocenters. The van der Waals surface area contributed by atoms with Gasteiger partial charge in [-0.1, -0.05) is 12.8 Å². The molecule has 0 saturated heterocycles. The molecule has 0 spiro atoms. The number of rotatable bonds is 2. The molecule has 1 fully saturated rings. The summed E-state index contributed by atoms with van der Waals surface area (Å²) in [6.07, 6.45) is 4.65. The van der Waals surface area contributed by atoms with Gasteiger partial charge in [0.25, 0.3) is 0 Å². The second kappa shape index (κ2) is 3.91. The van der Waals surface area contributed by atoms with E-state index in [-0.39, 0.29) is 12.6 Å². The fourth-order valence-electron chi connectivity index (χ4n) is 1.80. The van der Waals surface area contributed by atoms with E-state index >= 15 is 0 Å². The number of nitrogens with two attached hydrogens (primary N) is 1. The summed E-state index contributed by atoms with van der Waals surface area (Å²) >= 11 is 0. The molecule has 1 saturated carbocycles. The van der Waals surface area contributed by atoms with Gasteiger partial charge in [-0.15, -0.1) is 0 Å². The Hall–Kier alpha value is -0.110. The molecule has 0 aliphatic heterocycles. The molecule has 1 nitrogen and oxygen atoms in total. The van der Waals surface area contributed by atoms with Crippen molar-refractivity contribution in [2.75, 3.05) is 13.2 Å². The Bertz CT molecular complexity index is 83.3. The van der Waals surface area contributed by atoms with Gasteiger partial charge in [0.1, 0.15) is 0 Å². The third-order valence-corrected chi connectivity index (χ3v) is 2.57. The van der Waals surface area contributed by atoms with Gasteiger partial charge in [0, 0.05) is 0 Å². The summed E-state index contributed by atoms with van der Waals surface area (Å²) in [5.41, 5.74) is 5.50. The van der Waals surface area contributed by atoms with E-state index in [1.807, 2.05) is 0 Å². The van der Waals surface area contributed by atoms with E-state index in [0.29, 0.717) is 12.5 Å². The van der Waals surface area contributed by atoms with Crippen molar-refractivity contribution in [2.45, 2.75) is 25.7 Å². The van der Waals surface area contributed by atoms with Crippen molar-refractivity contribution in [1.29, 1.82) is 0 Å². The van der Waals surface area contributed by atoms with Crippen LogP contribution in [-0.2, 0) is 0 Å². The van der Waals surface area contributed by atoms with Gasteiger partial charge >= 0.3 is 0 Å². The van der Waals surface area contributed by atoms with Crippen LogP contribution in [0.1, 0.15) is 25.7 Å². The van der Waals surface area contributed by atoms with Crippen molar-refractivity contribution in [3.63, 3.8) is 0 Å². The number of halogens is 1. The Morgan fingerprint density at radius 3 is 2.20 bits per heavy atom. The zero-order chi connectivity index (χ0) is 7.40. The van der Waals surface area contributed by atoms with Gasteiger partial charge in [-0.2, -0.15) is 0 Å². The lowest BCUT2D eigenvalue weighted by Crippen LogP contribution is -2.27. The van der Waals surface area contributed by atoms with E-state index < -0.39 is 0 Å². The fraction of sp³-hybridized carbons (Fsp3) is 1.00. The molecule has 2 heteroatoms. The van der Waals surface area contributed by atoms with Crippen LogP contribution in [0, 0.1) is 11.8 Å². The van der Waals surface area contributed by atoms with Crippen LogP contribution in [0.4, 0.5) is 4.39 Å². The molecule has 1 rings (SSSR count). The van der Waals surface area contributed by atoms with Crippen LogP contribution >= 0.6 is 0 Å². The first-order valence-electron chi connectivity index (χ1n) is 4.14. The third kappa shape index (κ3) is 1.69. The predicted octanol–water partition coefficient (Wildman–Crippen LogP) is 1.72. The molecule has 0 aromatic rings. The second-order valence-electron chi connectivity index (χ2n) is 3.19. The van der Waals surface area contributed by atoms with Gasteiger partial charge in [-0.3, -0.25) is 4.39 Å². The van der Waals surface area contributed by atoms with Crippen molar-refractivity contribution in [3.8, 4) is 0 Å². The van der Waals surface area contributed by atoms with Crippen LogP contribution in [0.2, 0.25) is 0 Å². The highest BCUT2D eigenvalue weighted by molar-refractivity contribution is 4.75. The van der Waals surface area contributed by atoms with Crippen molar-refractivity contribution < 1.29 is 4.39 Å². The quantitative estimate of drug-likeness (QED) is 0.629. The highest BCUT2D eigenvalue weighted by Gasteiger charge is 2.23. The summed E-state index contributed by atoms with van der Waals surface area (Å²) in [7, 11) is 0. The topological polar surface area (TPSA) is 26.0 Å². The summed E-state index contributed by atoms with van der Waals surface area (Å²) in [6.45, 7) is 0.510. The van der Waals surface area contributed by atoms with Crippen LogP contribution in [0.25, 0.3) is 0 Å². The zero-order valence-corrected chi connectivity index (χ0v) is 6.35. The monoisotopic (exact) mass is 145 g/mol. The van der Waals surface area contributed by atoms with Crippen molar-refractivity contribution in [1.82, 2.24) is 0 Å². The highest BCUT2D eigenvalue weighted by atomic mass is 19.1. The Morgan fingerprint density at radius 1 is 1.20 bits per heavy atom. The van der Waals surface area contributed by atoms with Crippen LogP contribution in [0.5, 0.6) is 0 Å². The van der Waals surface area contributed by atoms with Gasteiger partial charge in [-0.25, -0.2) is 0 Å². The highest BCUT2D eigenvalue weighted by Crippen LogP contribution is 2.29. The van der Waals surface area contributed by atoms with Crippen molar-refractivity contribution >= 4 is 0 Å². The largest absolute Gasteiger partial charge is 0.330 e. The van der Waals surface area contributed by atoms with Gasteiger partial charge in [0.05, 0.1) is 6.67 Å². The second-order valence-corrected chi connectivity index (χ2v) is 3.19. The molecule has 60 valence electrons. The Kier molecular flexibility index (Phi) is 3.13. The molecule has 10 heavy (non-hydrogen) atoms. The molecule has 0 bridgehead atoms. The first-order chi connectivity index (χ1) is 4.88.